The van der Waals surface area contributed by atoms with Crippen molar-refractivity contribution < 1.29 is 19.8 Å². The molecule has 0 unspecified atom stereocenters. The summed E-state index contributed by atoms with van der Waals surface area (Å²) in [5.41, 5.74) is -0.0178. The summed E-state index contributed by atoms with van der Waals surface area (Å²) < 4.78 is 0. The largest absolute Gasteiger partial charge is 0.480 e. The lowest BCUT2D eigenvalue weighted by atomic mass is 10.2. The van der Waals surface area contributed by atoms with Gasteiger partial charge in [-0.15, -0.1) is 0 Å². The number of aliphatic carboxylic acids is 1. The van der Waals surface area contributed by atoms with Crippen molar-refractivity contribution in [2.75, 3.05) is 6.61 Å². The maximum atomic E-state index is 11.6. The van der Waals surface area contributed by atoms with Crippen LogP contribution in [0.4, 0.5) is 0 Å². The Hall–Kier alpha value is -1.37. The summed E-state index contributed by atoms with van der Waals surface area (Å²) >= 11 is 11.2. The van der Waals surface area contributed by atoms with Crippen molar-refractivity contribution in [2.45, 2.75) is 6.04 Å². The van der Waals surface area contributed by atoms with Gasteiger partial charge in [0.2, 0.25) is 0 Å². The fraction of sp³-hybridized carbons (Fsp3) is 0.222. The first-order valence-electron chi connectivity index (χ1n) is 4.42. The Morgan fingerprint density at radius 1 is 1.41 bits per heavy atom. The molecule has 0 spiro atoms. The highest BCUT2D eigenvalue weighted by Gasteiger charge is 2.21. The second-order valence-electron chi connectivity index (χ2n) is 3.02. The Kier molecular flexibility index (Phi) is 4.68. The molecule has 92 valence electrons. The molecule has 0 aromatic carbocycles. The van der Waals surface area contributed by atoms with Gasteiger partial charge >= 0.3 is 5.97 Å². The third-order valence-electron chi connectivity index (χ3n) is 1.85. The van der Waals surface area contributed by atoms with Crippen LogP contribution in [0.25, 0.3) is 0 Å². The van der Waals surface area contributed by atoms with Crippen LogP contribution in [-0.2, 0) is 4.79 Å². The molecule has 0 saturated carbocycles. The highest BCUT2D eigenvalue weighted by Crippen LogP contribution is 2.16. The molecule has 1 heterocycles. The zero-order chi connectivity index (χ0) is 13.0. The molecular formula is C9H8Cl2N2O4. The van der Waals surface area contributed by atoms with Crippen LogP contribution in [0.1, 0.15) is 10.4 Å². The van der Waals surface area contributed by atoms with Crippen LogP contribution in [0.5, 0.6) is 0 Å². The van der Waals surface area contributed by atoms with Crippen molar-refractivity contribution >= 4 is 35.1 Å². The van der Waals surface area contributed by atoms with Crippen LogP contribution in [0, 0.1) is 0 Å². The summed E-state index contributed by atoms with van der Waals surface area (Å²) in [5.74, 6) is -2.10. The number of hydrogen-bond donors (Lipinski definition) is 3. The average Bonchev–Trinajstić information content (AvgIpc) is 2.24. The van der Waals surface area contributed by atoms with E-state index in [1.165, 1.54) is 12.1 Å². The van der Waals surface area contributed by atoms with Crippen LogP contribution >= 0.6 is 23.2 Å². The number of halogens is 2. The third-order valence-corrected chi connectivity index (χ3v) is 2.34. The highest BCUT2D eigenvalue weighted by atomic mass is 35.5. The number of aliphatic hydroxyl groups excluding tert-OH is 1. The van der Waals surface area contributed by atoms with Gasteiger partial charge in [0.05, 0.1) is 12.2 Å². The molecule has 1 rings (SSSR count). The topological polar surface area (TPSA) is 99.5 Å². The van der Waals surface area contributed by atoms with Crippen molar-refractivity contribution in [1.29, 1.82) is 0 Å². The maximum absolute atomic E-state index is 11.6. The number of rotatable bonds is 4. The lowest BCUT2D eigenvalue weighted by Gasteiger charge is -2.11. The normalized spacial score (nSPS) is 11.9. The van der Waals surface area contributed by atoms with Crippen LogP contribution in [0.15, 0.2) is 12.1 Å². The second-order valence-corrected chi connectivity index (χ2v) is 3.76. The quantitative estimate of drug-likeness (QED) is 0.699. The van der Waals surface area contributed by atoms with E-state index in [0.717, 1.165) is 0 Å². The predicted molar refractivity (Wildman–Crippen MR) is 60.2 cm³/mol. The van der Waals surface area contributed by atoms with Gasteiger partial charge in [-0.25, -0.2) is 9.78 Å². The summed E-state index contributed by atoms with van der Waals surface area (Å²) in [5, 5.41) is 19.4. The fourth-order valence-corrected chi connectivity index (χ4v) is 1.43. The molecule has 17 heavy (non-hydrogen) atoms. The Morgan fingerprint density at radius 3 is 2.53 bits per heavy atom. The van der Waals surface area contributed by atoms with Crippen molar-refractivity contribution in [3.8, 4) is 0 Å². The number of nitrogens with one attached hydrogen (secondary N) is 1. The molecule has 0 saturated heterocycles. The van der Waals surface area contributed by atoms with Crippen molar-refractivity contribution in [2.24, 2.45) is 0 Å². The van der Waals surface area contributed by atoms with E-state index in [9.17, 15) is 9.59 Å². The Bertz CT molecular complexity index is 453. The molecule has 0 bridgehead atoms. The number of carbonyl (C=O) groups excluding carboxylic acids is 1. The summed E-state index contributed by atoms with van der Waals surface area (Å²) in [6, 6.07) is 1.26. The number of aromatic nitrogens is 1. The molecule has 3 N–H and O–H groups in total. The van der Waals surface area contributed by atoms with E-state index >= 15 is 0 Å². The van der Waals surface area contributed by atoms with E-state index in [0.29, 0.717) is 0 Å². The smallest absolute Gasteiger partial charge is 0.328 e. The number of amides is 1. The van der Waals surface area contributed by atoms with E-state index in [1.54, 1.807) is 0 Å². The number of hydrogen-bond acceptors (Lipinski definition) is 4. The van der Waals surface area contributed by atoms with E-state index in [4.69, 9.17) is 33.4 Å². The first-order chi connectivity index (χ1) is 7.95. The molecule has 6 nitrogen and oxygen atoms in total. The van der Waals surface area contributed by atoms with Gasteiger partial charge in [-0.1, -0.05) is 23.2 Å². The first-order valence-corrected chi connectivity index (χ1v) is 5.18. The van der Waals surface area contributed by atoms with Crippen LogP contribution < -0.4 is 5.32 Å². The van der Waals surface area contributed by atoms with E-state index < -0.39 is 24.5 Å². The second kappa shape index (κ2) is 5.81. The Balaban J connectivity index is 2.86. The van der Waals surface area contributed by atoms with Crippen LogP contribution in [0.2, 0.25) is 10.3 Å². The van der Waals surface area contributed by atoms with Gasteiger partial charge in [-0.05, 0) is 12.1 Å². The van der Waals surface area contributed by atoms with Gasteiger partial charge in [0.15, 0.2) is 6.04 Å². The molecule has 8 heteroatoms. The van der Waals surface area contributed by atoms with Gasteiger partial charge in [0.25, 0.3) is 5.91 Å². The fourth-order valence-electron chi connectivity index (χ4n) is 1.00. The Morgan fingerprint density at radius 2 is 2.06 bits per heavy atom. The third kappa shape index (κ3) is 3.55. The van der Waals surface area contributed by atoms with E-state index in [1.807, 2.05) is 0 Å². The maximum Gasteiger partial charge on any atom is 0.328 e. The molecule has 0 aliphatic rings. The number of pyridine rings is 1. The molecule has 0 aliphatic heterocycles. The van der Waals surface area contributed by atoms with Crippen molar-refractivity contribution in [3.05, 3.63) is 28.0 Å². The lowest BCUT2D eigenvalue weighted by molar-refractivity contribution is -0.140. The molecule has 1 aromatic heterocycles. The molecule has 1 amide bonds. The average molecular weight is 279 g/mol. The van der Waals surface area contributed by atoms with Gasteiger partial charge in [0, 0.05) is 0 Å². The molecule has 0 radical (unpaired) electrons. The first kappa shape index (κ1) is 13.7. The van der Waals surface area contributed by atoms with E-state index in [-0.39, 0.29) is 15.9 Å². The highest BCUT2D eigenvalue weighted by molar-refractivity contribution is 6.34. The lowest BCUT2D eigenvalue weighted by Crippen LogP contribution is -2.43. The number of carboxylic acids is 1. The van der Waals surface area contributed by atoms with Gasteiger partial charge in [-0.3, -0.25) is 4.79 Å². The number of carbonyl (C=O) groups is 2. The minimum atomic E-state index is -1.39. The molecule has 0 aliphatic carbocycles. The molecule has 1 aromatic rings. The van der Waals surface area contributed by atoms with Gasteiger partial charge < -0.3 is 15.5 Å². The number of aliphatic hydroxyl groups is 1. The van der Waals surface area contributed by atoms with E-state index in [2.05, 4.69) is 10.3 Å². The minimum absolute atomic E-state index is 0.0178. The standard InChI is InChI=1S/C9H8Cl2N2O4/c10-6-2-1-4(7(11)13-6)8(15)12-5(3-14)9(16)17/h1-2,5,14H,3H2,(H,12,15)(H,16,17)/t5-/m1/s1. The minimum Gasteiger partial charge on any atom is -0.480 e. The van der Waals surface area contributed by atoms with Crippen molar-refractivity contribution in [3.63, 3.8) is 0 Å². The zero-order valence-corrected chi connectivity index (χ0v) is 9.87. The molecule has 1 atom stereocenters. The van der Waals surface area contributed by atoms with Gasteiger partial charge in [-0.2, -0.15) is 0 Å². The summed E-state index contributed by atoms with van der Waals surface area (Å²) in [7, 11) is 0. The number of nitrogens with zero attached hydrogens (tertiary/aromatic N) is 1. The predicted octanol–water partition coefficient (Wildman–Crippen LogP) is 0.564. The SMILES string of the molecule is O=C(N[C@H](CO)C(=O)O)c1ccc(Cl)nc1Cl. The van der Waals surface area contributed by atoms with Crippen LogP contribution in [-0.4, -0.2) is 39.7 Å². The molecule has 0 fully saturated rings. The van der Waals surface area contributed by atoms with Crippen LogP contribution in [0.3, 0.4) is 0 Å². The summed E-state index contributed by atoms with van der Waals surface area (Å²) in [6.07, 6.45) is 0. The zero-order valence-electron chi connectivity index (χ0n) is 8.35. The molecular weight excluding hydrogens is 271 g/mol. The number of carboxylic acid groups (broad SMARTS) is 1. The van der Waals surface area contributed by atoms with Gasteiger partial charge in [0.1, 0.15) is 10.3 Å². The summed E-state index contributed by atoms with van der Waals surface area (Å²) in [4.78, 5) is 25.8. The monoisotopic (exact) mass is 278 g/mol. The Labute approximate surface area is 106 Å². The summed E-state index contributed by atoms with van der Waals surface area (Å²) in [6.45, 7) is -0.723. The van der Waals surface area contributed by atoms with Crippen molar-refractivity contribution in [1.82, 2.24) is 10.3 Å².